The molecule has 0 saturated carbocycles. The van der Waals surface area contributed by atoms with Gasteiger partial charge in [-0.2, -0.15) is 0 Å². The fourth-order valence-electron chi connectivity index (χ4n) is 1.39. The first-order valence-corrected chi connectivity index (χ1v) is 7.07. The number of nitrogens with zero attached hydrogens (tertiary/aromatic N) is 2. The van der Waals surface area contributed by atoms with Gasteiger partial charge in [-0.15, -0.1) is 11.3 Å². The second-order valence-corrected chi connectivity index (χ2v) is 6.70. The summed E-state index contributed by atoms with van der Waals surface area (Å²) in [6.07, 6.45) is 3.64. The Morgan fingerprint density at radius 3 is 2.81 bits per heavy atom. The summed E-state index contributed by atoms with van der Waals surface area (Å²) in [7, 11) is 1.93. The van der Waals surface area contributed by atoms with E-state index in [9.17, 15) is 5.11 Å². The minimum atomic E-state index is -0.506. The first-order valence-electron chi connectivity index (χ1n) is 4.67. The summed E-state index contributed by atoms with van der Waals surface area (Å²) in [6, 6.07) is 1.93. The number of aliphatic hydroxyl groups excluding tert-OH is 1. The molecule has 2 aromatic rings. The lowest BCUT2D eigenvalue weighted by molar-refractivity contribution is 0.178. The van der Waals surface area contributed by atoms with E-state index < -0.39 is 6.10 Å². The maximum Gasteiger partial charge on any atom is 0.111 e. The Morgan fingerprint density at radius 2 is 2.31 bits per heavy atom. The molecule has 2 rings (SSSR count). The van der Waals surface area contributed by atoms with Crippen LogP contribution in [-0.4, -0.2) is 14.7 Å². The minimum absolute atomic E-state index is 0.506. The monoisotopic (exact) mass is 364 g/mol. The molecule has 86 valence electrons. The van der Waals surface area contributed by atoms with Gasteiger partial charge in [0, 0.05) is 35.2 Å². The highest BCUT2D eigenvalue weighted by atomic mass is 79.9. The highest BCUT2D eigenvalue weighted by Crippen LogP contribution is 2.36. The van der Waals surface area contributed by atoms with Crippen LogP contribution in [0, 0.1) is 0 Å². The molecule has 1 unspecified atom stereocenters. The minimum Gasteiger partial charge on any atom is -0.387 e. The van der Waals surface area contributed by atoms with Gasteiger partial charge in [-0.05, 0) is 37.9 Å². The molecule has 2 heterocycles. The van der Waals surface area contributed by atoms with Gasteiger partial charge in [-0.25, -0.2) is 4.98 Å². The molecule has 0 aromatic carbocycles. The number of hydrogen-bond acceptors (Lipinski definition) is 3. The summed E-state index contributed by atoms with van der Waals surface area (Å²) >= 11 is 8.36. The molecule has 1 N–H and O–H groups in total. The van der Waals surface area contributed by atoms with E-state index in [1.807, 2.05) is 23.9 Å². The molecule has 6 heteroatoms. The predicted molar refractivity (Wildman–Crippen MR) is 71.6 cm³/mol. The summed E-state index contributed by atoms with van der Waals surface area (Å²) in [5.41, 5.74) is 0. The van der Waals surface area contributed by atoms with Gasteiger partial charge >= 0.3 is 0 Å². The molecule has 2 aromatic heterocycles. The van der Waals surface area contributed by atoms with Crippen molar-refractivity contribution >= 4 is 43.2 Å². The van der Waals surface area contributed by atoms with E-state index in [0.29, 0.717) is 6.42 Å². The zero-order valence-electron chi connectivity index (χ0n) is 8.52. The van der Waals surface area contributed by atoms with Crippen LogP contribution in [0.4, 0.5) is 0 Å². The van der Waals surface area contributed by atoms with E-state index in [2.05, 4.69) is 36.8 Å². The van der Waals surface area contributed by atoms with Crippen molar-refractivity contribution in [2.75, 3.05) is 0 Å². The molecule has 0 aliphatic rings. The smallest absolute Gasteiger partial charge is 0.111 e. The number of aliphatic hydroxyl groups is 1. The number of hydrogen-bond donors (Lipinski definition) is 1. The van der Waals surface area contributed by atoms with Crippen LogP contribution < -0.4 is 0 Å². The van der Waals surface area contributed by atoms with Crippen LogP contribution >= 0.6 is 43.2 Å². The van der Waals surface area contributed by atoms with Crippen LogP contribution in [0.15, 0.2) is 26.7 Å². The summed E-state index contributed by atoms with van der Waals surface area (Å²) in [6.45, 7) is 0. The predicted octanol–water partition coefficient (Wildman–Crippen LogP) is 3.28. The van der Waals surface area contributed by atoms with Crippen molar-refractivity contribution < 1.29 is 5.11 Å². The van der Waals surface area contributed by atoms with Crippen molar-refractivity contribution in [3.05, 3.63) is 37.4 Å². The molecule has 0 bridgehead atoms. The molecule has 0 aliphatic carbocycles. The molecule has 0 spiro atoms. The average molecular weight is 366 g/mol. The topological polar surface area (TPSA) is 38.0 Å². The van der Waals surface area contributed by atoms with Gasteiger partial charge in [0.2, 0.25) is 0 Å². The van der Waals surface area contributed by atoms with E-state index in [0.717, 1.165) is 19.0 Å². The lowest BCUT2D eigenvalue weighted by Gasteiger charge is -2.07. The van der Waals surface area contributed by atoms with Crippen molar-refractivity contribution in [2.24, 2.45) is 7.05 Å². The van der Waals surface area contributed by atoms with E-state index in [-0.39, 0.29) is 0 Å². The van der Waals surface area contributed by atoms with Gasteiger partial charge in [-0.1, -0.05) is 0 Å². The third-order valence-electron chi connectivity index (χ3n) is 2.29. The number of aromatic nitrogens is 2. The molecule has 0 amide bonds. The lowest BCUT2D eigenvalue weighted by atomic mass is 10.2. The number of imidazole rings is 1. The van der Waals surface area contributed by atoms with E-state index in [1.54, 1.807) is 6.20 Å². The van der Waals surface area contributed by atoms with E-state index in [1.165, 1.54) is 11.3 Å². The van der Waals surface area contributed by atoms with Crippen molar-refractivity contribution in [3.63, 3.8) is 0 Å². The van der Waals surface area contributed by atoms with E-state index in [4.69, 9.17) is 0 Å². The number of thiophene rings is 1. The van der Waals surface area contributed by atoms with Crippen molar-refractivity contribution in [3.8, 4) is 0 Å². The number of aryl methyl sites for hydroxylation is 1. The van der Waals surface area contributed by atoms with Crippen LogP contribution in [0.2, 0.25) is 0 Å². The number of rotatable bonds is 3. The highest BCUT2D eigenvalue weighted by Gasteiger charge is 2.15. The fourth-order valence-corrected chi connectivity index (χ4v) is 3.47. The zero-order chi connectivity index (χ0) is 11.7. The molecular formula is C10H10Br2N2OS. The quantitative estimate of drug-likeness (QED) is 0.906. The van der Waals surface area contributed by atoms with Crippen LogP contribution in [0.3, 0.4) is 0 Å². The second kappa shape index (κ2) is 5.00. The van der Waals surface area contributed by atoms with Crippen molar-refractivity contribution in [1.29, 1.82) is 0 Å². The summed E-state index contributed by atoms with van der Waals surface area (Å²) in [5, 5.41) is 10.1. The van der Waals surface area contributed by atoms with Gasteiger partial charge < -0.3 is 9.67 Å². The Bertz CT molecular complexity index is 475. The standard InChI is InChI=1S/C10H10Br2N2OS/c1-14-3-2-13-9(14)5-7(15)8-4-6(11)10(12)16-8/h2-4,7,15H,5H2,1H3. The van der Waals surface area contributed by atoms with Crippen molar-refractivity contribution in [2.45, 2.75) is 12.5 Å². The van der Waals surface area contributed by atoms with Crippen LogP contribution in [0.5, 0.6) is 0 Å². The Hall–Kier alpha value is -0.170. The van der Waals surface area contributed by atoms with E-state index >= 15 is 0 Å². The summed E-state index contributed by atoms with van der Waals surface area (Å²) in [4.78, 5) is 5.13. The van der Waals surface area contributed by atoms with Gasteiger partial charge in [0.15, 0.2) is 0 Å². The Labute approximate surface area is 114 Å². The summed E-state index contributed by atoms with van der Waals surface area (Å²) < 4.78 is 3.90. The molecule has 0 fully saturated rings. The molecule has 16 heavy (non-hydrogen) atoms. The third-order valence-corrected chi connectivity index (χ3v) is 5.65. The summed E-state index contributed by atoms with van der Waals surface area (Å²) in [5.74, 6) is 0.883. The highest BCUT2D eigenvalue weighted by molar-refractivity contribution is 9.13. The van der Waals surface area contributed by atoms with Gasteiger partial charge in [0.1, 0.15) is 5.82 Å². The fraction of sp³-hybridized carbons (Fsp3) is 0.300. The van der Waals surface area contributed by atoms with Crippen LogP contribution in [0.1, 0.15) is 16.8 Å². The number of halogens is 2. The van der Waals surface area contributed by atoms with Crippen LogP contribution in [0.25, 0.3) is 0 Å². The molecule has 0 aliphatic heterocycles. The van der Waals surface area contributed by atoms with Gasteiger partial charge in [0.25, 0.3) is 0 Å². The molecule has 0 radical (unpaired) electrons. The molecular weight excluding hydrogens is 356 g/mol. The Kier molecular flexibility index (Phi) is 3.84. The Morgan fingerprint density at radius 1 is 1.56 bits per heavy atom. The largest absolute Gasteiger partial charge is 0.387 e. The first kappa shape index (κ1) is 12.3. The maximum absolute atomic E-state index is 10.1. The molecule has 1 atom stereocenters. The zero-order valence-corrected chi connectivity index (χ0v) is 12.5. The average Bonchev–Trinajstić information content (AvgIpc) is 2.76. The SMILES string of the molecule is Cn1ccnc1CC(O)c1cc(Br)c(Br)s1. The lowest BCUT2D eigenvalue weighted by Crippen LogP contribution is -2.05. The second-order valence-electron chi connectivity index (χ2n) is 3.44. The normalized spacial score (nSPS) is 13.0. The Balaban J connectivity index is 2.14. The van der Waals surface area contributed by atoms with Gasteiger partial charge in [-0.3, -0.25) is 0 Å². The van der Waals surface area contributed by atoms with Crippen LogP contribution in [-0.2, 0) is 13.5 Å². The maximum atomic E-state index is 10.1. The molecule has 0 saturated heterocycles. The van der Waals surface area contributed by atoms with Crippen molar-refractivity contribution in [1.82, 2.24) is 9.55 Å². The van der Waals surface area contributed by atoms with Gasteiger partial charge in [0.05, 0.1) is 9.89 Å². The first-order chi connectivity index (χ1) is 7.58. The molecule has 3 nitrogen and oxygen atoms in total. The third kappa shape index (κ3) is 2.56.